The largest absolute Gasteiger partial charge is 0.379 e. The maximum atomic E-state index is 11.6. The molecule has 0 atom stereocenters. The Morgan fingerprint density at radius 2 is 2.10 bits per heavy atom. The molecule has 0 saturated heterocycles. The normalized spacial score (nSPS) is 10.9. The van der Waals surface area contributed by atoms with E-state index < -0.39 is 5.41 Å². The van der Waals surface area contributed by atoms with Gasteiger partial charge in [-0.3, -0.25) is 4.79 Å². The first-order valence-corrected chi connectivity index (χ1v) is 7.77. The number of carbonyl (C=O) groups excluding carboxylic acids is 1. The number of aryl methyl sites for hydroxylation is 1. The van der Waals surface area contributed by atoms with Crippen molar-refractivity contribution in [1.82, 2.24) is 5.48 Å². The lowest BCUT2D eigenvalue weighted by molar-refractivity contribution is -0.127. The lowest BCUT2D eigenvalue weighted by Gasteiger charge is -2.25. The number of nitrogens with one attached hydrogen (secondary N) is 1. The van der Waals surface area contributed by atoms with Crippen molar-refractivity contribution in [1.29, 1.82) is 0 Å². The van der Waals surface area contributed by atoms with Crippen molar-refractivity contribution in [3.8, 4) is 18.1 Å². The first kappa shape index (κ1) is 17.6. The third kappa shape index (κ3) is 4.01. The summed E-state index contributed by atoms with van der Waals surface area (Å²) in [7, 11) is 0. The van der Waals surface area contributed by atoms with E-state index in [1.165, 1.54) is 0 Å². The molecule has 4 heteroatoms. The lowest BCUT2D eigenvalue weighted by atomic mass is 9.81. The minimum atomic E-state index is -0.495. The fourth-order valence-corrected chi connectivity index (χ4v) is 2.55. The van der Waals surface area contributed by atoms with Gasteiger partial charge in [-0.25, -0.2) is 0 Å². The molecule has 0 bridgehead atoms. The molecule has 0 saturated carbocycles. The van der Waals surface area contributed by atoms with Crippen molar-refractivity contribution in [3.63, 3.8) is 0 Å². The van der Waals surface area contributed by atoms with Gasteiger partial charge in [-0.1, -0.05) is 28.8 Å². The number of hydrogen-bond donors (Lipinski definition) is 1. The van der Waals surface area contributed by atoms with E-state index in [1.807, 2.05) is 40.7 Å². The molecule has 0 aromatic heterocycles. The van der Waals surface area contributed by atoms with Crippen molar-refractivity contribution < 1.29 is 9.63 Å². The van der Waals surface area contributed by atoms with Gasteiger partial charge in [-0.2, -0.15) is 5.48 Å². The summed E-state index contributed by atoms with van der Waals surface area (Å²) in [5.41, 5.74) is 4.95. The Kier molecular flexibility index (Phi) is 5.86. The summed E-state index contributed by atoms with van der Waals surface area (Å²) in [6.45, 7) is 9.83. The summed E-state index contributed by atoms with van der Waals surface area (Å²) < 4.78 is 1.01. The number of hydrogen-bond acceptors (Lipinski definition) is 2. The van der Waals surface area contributed by atoms with Gasteiger partial charge in [0.05, 0.1) is 5.41 Å². The predicted octanol–water partition coefficient (Wildman–Crippen LogP) is 4.19. The average molecular weight is 352 g/mol. The van der Waals surface area contributed by atoms with Gasteiger partial charge < -0.3 is 4.84 Å². The van der Waals surface area contributed by atoms with Crippen LogP contribution in [0.3, 0.4) is 0 Å². The number of rotatable bonds is 5. The van der Waals surface area contributed by atoms with E-state index in [1.54, 1.807) is 0 Å². The lowest BCUT2D eigenvalue weighted by Crippen LogP contribution is -2.29. The van der Waals surface area contributed by atoms with Crippen molar-refractivity contribution in [3.05, 3.63) is 27.2 Å². The summed E-state index contributed by atoms with van der Waals surface area (Å²) >= 11 is 3.58. The van der Waals surface area contributed by atoms with Gasteiger partial charge in [-0.05, 0) is 51.3 Å². The van der Waals surface area contributed by atoms with Crippen molar-refractivity contribution in [2.45, 2.75) is 52.9 Å². The molecule has 1 N–H and O–H groups in total. The number of benzene rings is 1. The number of halogens is 1. The van der Waals surface area contributed by atoms with E-state index in [2.05, 4.69) is 27.3 Å². The molecule has 0 aliphatic rings. The van der Waals surface area contributed by atoms with Gasteiger partial charge in [0.1, 0.15) is 0 Å². The highest BCUT2D eigenvalue weighted by atomic mass is 79.9. The van der Waals surface area contributed by atoms with Gasteiger partial charge >= 0.3 is 0 Å². The molecule has 3 nitrogen and oxygen atoms in total. The third-order valence-corrected chi connectivity index (χ3v) is 4.60. The van der Waals surface area contributed by atoms with Gasteiger partial charge in [0.2, 0.25) is 0 Å². The number of hydroxylamine groups is 1. The highest BCUT2D eigenvalue weighted by Gasteiger charge is 2.27. The van der Waals surface area contributed by atoms with Crippen molar-refractivity contribution >= 4 is 21.8 Å². The molecule has 1 aromatic carbocycles. The van der Waals surface area contributed by atoms with Gasteiger partial charge in [0.25, 0.3) is 5.91 Å². The van der Waals surface area contributed by atoms with E-state index in [-0.39, 0.29) is 5.91 Å². The van der Waals surface area contributed by atoms with Crippen LogP contribution < -0.4 is 10.3 Å². The number of amides is 1. The molecule has 0 aliphatic heterocycles. The molecule has 114 valence electrons. The quantitative estimate of drug-likeness (QED) is 0.638. The summed E-state index contributed by atoms with van der Waals surface area (Å²) in [5.74, 6) is 3.24. The molecule has 1 amide bonds. The number of terminal acetylenes is 1. The molecule has 0 heterocycles. The first-order valence-electron chi connectivity index (χ1n) is 6.98. The van der Waals surface area contributed by atoms with E-state index in [4.69, 9.17) is 11.3 Å². The van der Waals surface area contributed by atoms with E-state index in [0.717, 1.165) is 27.6 Å². The van der Waals surface area contributed by atoms with Crippen LogP contribution in [0.25, 0.3) is 0 Å². The van der Waals surface area contributed by atoms with Crippen LogP contribution in [0.4, 0.5) is 0 Å². The van der Waals surface area contributed by atoms with E-state index >= 15 is 0 Å². The second kappa shape index (κ2) is 7.00. The second-order valence-electron chi connectivity index (χ2n) is 5.65. The minimum absolute atomic E-state index is 0.139. The van der Waals surface area contributed by atoms with Crippen molar-refractivity contribution in [2.24, 2.45) is 0 Å². The Morgan fingerprint density at radius 3 is 2.62 bits per heavy atom. The van der Waals surface area contributed by atoms with E-state index in [0.29, 0.717) is 12.2 Å². The van der Waals surface area contributed by atoms with Crippen LogP contribution in [0.5, 0.6) is 5.75 Å². The van der Waals surface area contributed by atoms with Gasteiger partial charge in [0.15, 0.2) is 5.75 Å². The maximum Gasteiger partial charge on any atom is 0.252 e. The van der Waals surface area contributed by atoms with Crippen LogP contribution in [0, 0.1) is 26.2 Å². The maximum absolute atomic E-state index is 11.6. The Bertz CT molecular complexity index is 585. The molecular weight excluding hydrogens is 330 g/mol. The minimum Gasteiger partial charge on any atom is -0.379 e. The molecule has 1 aromatic rings. The van der Waals surface area contributed by atoms with Crippen LogP contribution in [-0.2, 0) is 10.2 Å². The van der Waals surface area contributed by atoms with Gasteiger partial charge in [0, 0.05) is 16.5 Å². The molecule has 21 heavy (non-hydrogen) atoms. The van der Waals surface area contributed by atoms with Crippen LogP contribution in [0.15, 0.2) is 10.5 Å². The van der Waals surface area contributed by atoms with Crippen LogP contribution in [-0.4, -0.2) is 5.91 Å². The van der Waals surface area contributed by atoms with Crippen LogP contribution >= 0.6 is 15.9 Å². The molecule has 0 fully saturated rings. The van der Waals surface area contributed by atoms with Crippen LogP contribution in [0.2, 0.25) is 0 Å². The third-order valence-electron chi connectivity index (χ3n) is 3.38. The topological polar surface area (TPSA) is 38.3 Å². The zero-order chi connectivity index (χ0) is 16.2. The Labute approximate surface area is 135 Å². The van der Waals surface area contributed by atoms with E-state index in [9.17, 15) is 4.79 Å². The molecule has 0 unspecified atom stereocenters. The fourth-order valence-electron chi connectivity index (χ4n) is 2.24. The summed E-state index contributed by atoms with van der Waals surface area (Å²) in [5, 5.41) is 0. The standard InChI is InChI=1S/C17H22BrNO2/c1-7-9-14(20)19-21-13-10-11(3)16(18)12(4)15(13)17(5,6)8-2/h2,10H,7,9H2,1,3-6H3,(H,19,20). The Hall–Kier alpha value is -1.47. The smallest absolute Gasteiger partial charge is 0.252 e. The Morgan fingerprint density at radius 1 is 1.48 bits per heavy atom. The van der Waals surface area contributed by atoms with Gasteiger partial charge in [-0.15, -0.1) is 6.42 Å². The molecular formula is C17H22BrNO2. The van der Waals surface area contributed by atoms with Crippen LogP contribution in [0.1, 0.15) is 50.3 Å². The molecule has 0 aliphatic carbocycles. The predicted molar refractivity (Wildman–Crippen MR) is 89.2 cm³/mol. The first-order chi connectivity index (χ1) is 9.74. The second-order valence-corrected chi connectivity index (χ2v) is 6.45. The molecule has 0 radical (unpaired) electrons. The summed E-state index contributed by atoms with van der Waals surface area (Å²) in [4.78, 5) is 17.1. The monoisotopic (exact) mass is 351 g/mol. The highest BCUT2D eigenvalue weighted by Crippen LogP contribution is 2.39. The zero-order valence-corrected chi connectivity index (χ0v) is 14.8. The summed E-state index contributed by atoms with van der Waals surface area (Å²) in [6.07, 6.45) is 6.87. The highest BCUT2D eigenvalue weighted by molar-refractivity contribution is 9.10. The average Bonchev–Trinajstić information content (AvgIpc) is 2.42. The molecule has 0 spiro atoms. The number of carbonyl (C=O) groups is 1. The zero-order valence-electron chi connectivity index (χ0n) is 13.3. The molecule has 1 rings (SSSR count). The SMILES string of the molecule is C#CC(C)(C)c1c(ONC(=O)CCC)cc(C)c(Br)c1C. The fraction of sp³-hybridized carbons (Fsp3) is 0.471. The van der Waals surface area contributed by atoms with Crippen molar-refractivity contribution in [2.75, 3.05) is 0 Å². The Balaban J connectivity index is 3.25. The summed E-state index contributed by atoms with van der Waals surface area (Å²) in [6, 6.07) is 1.89.